The molecule has 0 N–H and O–H groups in total. The number of carbonyl (C=O) groups is 2. The number of benzene rings is 1. The Balaban J connectivity index is 2.30. The van der Waals surface area contributed by atoms with Crippen molar-refractivity contribution in [2.24, 2.45) is 0 Å². The molecule has 1 amide bonds. The van der Waals surface area contributed by atoms with Crippen LogP contribution in [0.5, 0.6) is 5.75 Å². The first-order valence-electron chi connectivity index (χ1n) is 6.78. The van der Waals surface area contributed by atoms with Crippen LogP contribution in [0.3, 0.4) is 0 Å². The Labute approximate surface area is 118 Å². The molecule has 0 aliphatic carbocycles. The van der Waals surface area contributed by atoms with Gasteiger partial charge in [-0.3, -0.25) is 9.59 Å². The van der Waals surface area contributed by atoms with Gasteiger partial charge >= 0.3 is 5.97 Å². The zero-order valence-electron chi connectivity index (χ0n) is 11.8. The number of anilines is 1. The molecule has 0 saturated carbocycles. The number of aryl methyl sites for hydroxylation is 1. The van der Waals surface area contributed by atoms with Gasteiger partial charge in [0.25, 0.3) is 0 Å². The average Bonchev–Trinajstić information content (AvgIpc) is 2.59. The normalized spacial score (nSPS) is 14.5. The standard InChI is InChI=1S/C15H19NO4/c1-3-20-15(18)10-16-13-8-7-12(19-2)9-11(13)5-4-6-14(16)17/h7-9H,3-6,10H2,1-2H3. The summed E-state index contributed by atoms with van der Waals surface area (Å²) in [5.41, 5.74) is 1.81. The lowest BCUT2D eigenvalue weighted by Crippen LogP contribution is -2.36. The molecule has 1 heterocycles. The van der Waals surface area contributed by atoms with Crippen LogP contribution in [-0.2, 0) is 20.7 Å². The molecular formula is C15H19NO4. The lowest BCUT2D eigenvalue weighted by molar-refractivity contribution is -0.142. The third kappa shape index (κ3) is 3.10. The van der Waals surface area contributed by atoms with E-state index in [-0.39, 0.29) is 18.4 Å². The number of nitrogens with zero attached hydrogens (tertiary/aromatic N) is 1. The van der Waals surface area contributed by atoms with E-state index in [2.05, 4.69) is 0 Å². The van der Waals surface area contributed by atoms with E-state index in [0.29, 0.717) is 13.0 Å². The number of hydrogen-bond acceptors (Lipinski definition) is 4. The fraction of sp³-hybridized carbons (Fsp3) is 0.467. The Bertz CT molecular complexity index is 513. The van der Waals surface area contributed by atoms with Gasteiger partial charge in [-0.1, -0.05) is 0 Å². The molecule has 108 valence electrons. The topological polar surface area (TPSA) is 55.8 Å². The molecule has 0 bridgehead atoms. The van der Waals surface area contributed by atoms with Crippen molar-refractivity contribution in [3.8, 4) is 5.75 Å². The summed E-state index contributed by atoms with van der Waals surface area (Å²) in [7, 11) is 1.61. The van der Waals surface area contributed by atoms with Gasteiger partial charge in [-0.05, 0) is 43.5 Å². The van der Waals surface area contributed by atoms with Gasteiger partial charge in [0.15, 0.2) is 0 Å². The monoisotopic (exact) mass is 277 g/mol. The summed E-state index contributed by atoms with van der Waals surface area (Å²) < 4.78 is 10.1. The maximum Gasteiger partial charge on any atom is 0.326 e. The first kappa shape index (κ1) is 14.4. The Morgan fingerprint density at radius 2 is 2.15 bits per heavy atom. The molecule has 5 nitrogen and oxygen atoms in total. The third-order valence-corrected chi connectivity index (χ3v) is 3.31. The quantitative estimate of drug-likeness (QED) is 0.789. The lowest BCUT2D eigenvalue weighted by atomic mass is 10.1. The van der Waals surface area contributed by atoms with Gasteiger partial charge in [-0.15, -0.1) is 0 Å². The summed E-state index contributed by atoms with van der Waals surface area (Å²) in [5, 5.41) is 0. The molecule has 0 fully saturated rings. The zero-order chi connectivity index (χ0) is 14.5. The van der Waals surface area contributed by atoms with E-state index in [4.69, 9.17) is 9.47 Å². The van der Waals surface area contributed by atoms with Gasteiger partial charge in [0.05, 0.1) is 13.7 Å². The summed E-state index contributed by atoms with van der Waals surface area (Å²) in [4.78, 5) is 25.3. The van der Waals surface area contributed by atoms with Crippen LogP contribution >= 0.6 is 0 Å². The van der Waals surface area contributed by atoms with Gasteiger partial charge in [-0.25, -0.2) is 0 Å². The number of esters is 1. The smallest absolute Gasteiger partial charge is 0.326 e. The van der Waals surface area contributed by atoms with Crippen molar-refractivity contribution >= 4 is 17.6 Å². The predicted octanol–water partition coefficient (Wildman–Crippen LogP) is 1.93. The first-order chi connectivity index (χ1) is 9.65. The lowest BCUT2D eigenvalue weighted by Gasteiger charge is -2.22. The average molecular weight is 277 g/mol. The molecule has 0 aromatic heterocycles. The minimum atomic E-state index is -0.385. The minimum absolute atomic E-state index is 0.0357. The van der Waals surface area contributed by atoms with E-state index in [1.54, 1.807) is 20.1 Å². The van der Waals surface area contributed by atoms with E-state index in [0.717, 1.165) is 29.8 Å². The Kier molecular flexibility index (Phi) is 4.61. The molecule has 0 atom stereocenters. The van der Waals surface area contributed by atoms with E-state index in [1.165, 1.54) is 4.90 Å². The van der Waals surface area contributed by atoms with Crippen molar-refractivity contribution in [1.82, 2.24) is 0 Å². The van der Waals surface area contributed by atoms with E-state index < -0.39 is 0 Å². The van der Waals surface area contributed by atoms with Crippen LogP contribution in [0.2, 0.25) is 0 Å². The van der Waals surface area contributed by atoms with Crippen LogP contribution in [0, 0.1) is 0 Å². The third-order valence-electron chi connectivity index (χ3n) is 3.31. The molecule has 5 heteroatoms. The summed E-state index contributed by atoms with van der Waals surface area (Å²) >= 11 is 0. The second kappa shape index (κ2) is 6.41. The number of hydrogen-bond donors (Lipinski definition) is 0. The zero-order valence-corrected chi connectivity index (χ0v) is 11.8. The summed E-state index contributed by atoms with van der Waals surface area (Å²) in [6, 6.07) is 5.55. The highest BCUT2D eigenvalue weighted by Gasteiger charge is 2.25. The molecule has 1 aromatic rings. The minimum Gasteiger partial charge on any atom is -0.497 e. The number of rotatable bonds is 4. The first-order valence-corrected chi connectivity index (χ1v) is 6.78. The van der Waals surface area contributed by atoms with Crippen LogP contribution in [0.15, 0.2) is 18.2 Å². The van der Waals surface area contributed by atoms with E-state index in [1.807, 2.05) is 12.1 Å². The van der Waals surface area contributed by atoms with Gasteiger partial charge < -0.3 is 14.4 Å². The van der Waals surface area contributed by atoms with E-state index >= 15 is 0 Å². The second-order valence-electron chi connectivity index (χ2n) is 4.63. The van der Waals surface area contributed by atoms with Gasteiger partial charge in [0.1, 0.15) is 12.3 Å². The largest absolute Gasteiger partial charge is 0.497 e. The molecule has 2 rings (SSSR count). The summed E-state index contributed by atoms with van der Waals surface area (Å²) in [6.45, 7) is 2.03. The van der Waals surface area contributed by atoms with Crippen LogP contribution in [0.25, 0.3) is 0 Å². The fourth-order valence-corrected chi connectivity index (χ4v) is 2.36. The number of methoxy groups -OCH3 is 1. The van der Waals surface area contributed by atoms with Crippen molar-refractivity contribution in [3.63, 3.8) is 0 Å². The Hall–Kier alpha value is -2.04. The molecule has 0 saturated heterocycles. The fourth-order valence-electron chi connectivity index (χ4n) is 2.36. The number of carbonyl (C=O) groups excluding carboxylic acids is 2. The van der Waals surface area contributed by atoms with Crippen molar-refractivity contribution in [2.75, 3.05) is 25.2 Å². The van der Waals surface area contributed by atoms with Crippen LogP contribution < -0.4 is 9.64 Å². The van der Waals surface area contributed by atoms with Crippen molar-refractivity contribution in [1.29, 1.82) is 0 Å². The Morgan fingerprint density at radius 3 is 2.85 bits per heavy atom. The highest BCUT2D eigenvalue weighted by Crippen LogP contribution is 2.30. The molecule has 0 radical (unpaired) electrons. The maximum atomic E-state index is 12.2. The predicted molar refractivity (Wildman–Crippen MR) is 74.9 cm³/mol. The van der Waals surface area contributed by atoms with Crippen molar-refractivity contribution in [3.05, 3.63) is 23.8 Å². The number of amides is 1. The summed E-state index contributed by atoms with van der Waals surface area (Å²) in [6.07, 6.45) is 2.02. The van der Waals surface area contributed by atoms with Gasteiger partial charge in [0, 0.05) is 12.1 Å². The molecular weight excluding hydrogens is 258 g/mol. The van der Waals surface area contributed by atoms with Gasteiger partial charge in [-0.2, -0.15) is 0 Å². The van der Waals surface area contributed by atoms with E-state index in [9.17, 15) is 9.59 Å². The SMILES string of the molecule is CCOC(=O)CN1C(=O)CCCc2cc(OC)ccc21. The number of ether oxygens (including phenoxy) is 2. The summed E-state index contributed by atoms with van der Waals surface area (Å²) in [5.74, 6) is 0.334. The van der Waals surface area contributed by atoms with Gasteiger partial charge in [0.2, 0.25) is 5.91 Å². The Morgan fingerprint density at radius 1 is 1.35 bits per heavy atom. The molecule has 20 heavy (non-hydrogen) atoms. The second-order valence-corrected chi connectivity index (χ2v) is 4.63. The highest BCUT2D eigenvalue weighted by atomic mass is 16.5. The molecule has 0 unspecified atom stereocenters. The van der Waals surface area contributed by atoms with Crippen LogP contribution in [0.1, 0.15) is 25.3 Å². The molecule has 1 aliphatic heterocycles. The number of fused-ring (bicyclic) bond motifs is 1. The molecule has 0 spiro atoms. The molecule has 1 aliphatic rings. The highest BCUT2D eigenvalue weighted by molar-refractivity contribution is 5.99. The van der Waals surface area contributed by atoms with Crippen molar-refractivity contribution < 1.29 is 19.1 Å². The van der Waals surface area contributed by atoms with Crippen LogP contribution in [0.4, 0.5) is 5.69 Å². The van der Waals surface area contributed by atoms with Crippen molar-refractivity contribution in [2.45, 2.75) is 26.2 Å². The van der Waals surface area contributed by atoms with Crippen LogP contribution in [-0.4, -0.2) is 32.1 Å². The molecule has 1 aromatic carbocycles. The maximum absolute atomic E-state index is 12.2.